The lowest BCUT2D eigenvalue weighted by molar-refractivity contribution is -0.135. The standard InChI is InChI=1S/C10H12O2/c1-9(11)12-8-7-10-5-3-2-4-6-10/h2-5,7-8,10H,6H2,1H3. The summed E-state index contributed by atoms with van der Waals surface area (Å²) >= 11 is 0. The lowest BCUT2D eigenvalue weighted by atomic mass is 10.0. The first-order valence-electron chi connectivity index (χ1n) is 3.96. The van der Waals surface area contributed by atoms with Gasteiger partial charge in [-0.25, -0.2) is 0 Å². The van der Waals surface area contributed by atoms with Gasteiger partial charge in [-0.1, -0.05) is 24.3 Å². The third kappa shape index (κ3) is 3.19. The fourth-order valence-electron chi connectivity index (χ4n) is 0.978. The van der Waals surface area contributed by atoms with E-state index in [4.69, 9.17) is 0 Å². The van der Waals surface area contributed by atoms with Crippen LogP contribution in [0.5, 0.6) is 0 Å². The van der Waals surface area contributed by atoms with Crippen molar-refractivity contribution in [2.45, 2.75) is 13.3 Å². The second-order valence-corrected chi connectivity index (χ2v) is 2.65. The molecule has 0 spiro atoms. The normalized spacial score (nSPS) is 21.6. The topological polar surface area (TPSA) is 26.3 Å². The summed E-state index contributed by atoms with van der Waals surface area (Å²) in [6.45, 7) is 1.39. The average Bonchev–Trinajstić information content (AvgIpc) is 2.05. The molecule has 0 saturated carbocycles. The molecule has 12 heavy (non-hydrogen) atoms. The molecule has 0 amide bonds. The van der Waals surface area contributed by atoms with Crippen LogP contribution in [0, 0.1) is 5.92 Å². The molecule has 2 nitrogen and oxygen atoms in total. The molecule has 1 aliphatic rings. The first-order chi connectivity index (χ1) is 5.79. The molecule has 0 heterocycles. The van der Waals surface area contributed by atoms with Gasteiger partial charge in [0.15, 0.2) is 0 Å². The van der Waals surface area contributed by atoms with Gasteiger partial charge < -0.3 is 4.74 Å². The molecule has 0 saturated heterocycles. The number of hydrogen-bond acceptors (Lipinski definition) is 2. The summed E-state index contributed by atoms with van der Waals surface area (Å²) in [5, 5.41) is 0. The van der Waals surface area contributed by atoms with E-state index in [2.05, 4.69) is 16.9 Å². The van der Waals surface area contributed by atoms with Gasteiger partial charge in [-0.3, -0.25) is 4.79 Å². The molecule has 0 N–H and O–H groups in total. The van der Waals surface area contributed by atoms with Crippen LogP contribution in [-0.4, -0.2) is 5.97 Å². The fraction of sp³-hybridized carbons (Fsp3) is 0.300. The van der Waals surface area contributed by atoms with Crippen LogP contribution < -0.4 is 0 Å². The predicted molar refractivity (Wildman–Crippen MR) is 47.3 cm³/mol. The van der Waals surface area contributed by atoms with Crippen LogP contribution in [0.3, 0.4) is 0 Å². The summed E-state index contributed by atoms with van der Waals surface area (Å²) in [7, 11) is 0. The second kappa shape index (κ2) is 4.54. The van der Waals surface area contributed by atoms with Gasteiger partial charge in [0.2, 0.25) is 0 Å². The molecule has 2 heteroatoms. The summed E-state index contributed by atoms with van der Waals surface area (Å²) in [5.74, 6) is 0.0935. The van der Waals surface area contributed by atoms with E-state index in [1.165, 1.54) is 13.2 Å². The average molecular weight is 164 g/mol. The van der Waals surface area contributed by atoms with E-state index >= 15 is 0 Å². The summed E-state index contributed by atoms with van der Waals surface area (Å²) < 4.78 is 4.67. The number of carbonyl (C=O) groups excluding carboxylic acids is 1. The zero-order chi connectivity index (χ0) is 8.81. The molecule has 0 fully saturated rings. The van der Waals surface area contributed by atoms with Crippen LogP contribution in [0.1, 0.15) is 13.3 Å². The fourth-order valence-corrected chi connectivity index (χ4v) is 0.978. The lowest BCUT2D eigenvalue weighted by Gasteiger charge is -2.05. The number of hydrogen-bond donors (Lipinski definition) is 0. The van der Waals surface area contributed by atoms with Crippen molar-refractivity contribution in [2.24, 2.45) is 5.92 Å². The van der Waals surface area contributed by atoms with Crippen LogP contribution >= 0.6 is 0 Å². The Bertz CT molecular complexity index is 236. The quantitative estimate of drug-likeness (QED) is 0.462. The Kier molecular flexibility index (Phi) is 3.33. The minimum atomic E-state index is -0.276. The molecular weight excluding hydrogens is 152 g/mol. The highest BCUT2D eigenvalue weighted by atomic mass is 16.5. The minimum Gasteiger partial charge on any atom is -0.435 e. The first-order valence-corrected chi connectivity index (χ1v) is 3.96. The maximum absolute atomic E-state index is 10.4. The van der Waals surface area contributed by atoms with E-state index in [0.29, 0.717) is 5.92 Å². The molecule has 0 aromatic rings. The van der Waals surface area contributed by atoms with E-state index in [1.807, 2.05) is 18.2 Å². The highest BCUT2D eigenvalue weighted by Crippen LogP contribution is 2.12. The molecule has 0 radical (unpaired) electrons. The zero-order valence-corrected chi connectivity index (χ0v) is 7.07. The molecule has 0 aliphatic heterocycles. The van der Waals surface area contributed by atoms with Gasteiger partial charge in [0.1, 0.15) is 0 Å². The van der Waals surface area contributed by atoms with Crippen molar-refractivity contribution in [3.05, 3.63) is 36.6 Å². The third-order valence-corrected chi connectivity index (χ3v) is 1.57. The Morgan fingerprint density at radius 2 is 2.42 bits per heavy atom. The van der Waals surface area contributed by atoms with Gasteiger partial charge in [-0.15, -0.1) is 0 Å². The van der Waals surface area contributed by atoms with Gasteiger partial charge in [0, 0.05) is 12.8 Å². The van der Waals surface area contributed by atoms with Gasteiger partial charge in [-0.2, -0.15) is 0 Å². The second-order valence-electron chi connectivity index (χ2n) is 2.65. The Balaban J connectivity index is 2.31. The van der Waals surface area contributed by atoms with Crippen LogP contribution in [0.15, 0.2) is 36.6 Å². The lowest BCUT2D eigenvalue weighted by Crippen LogP contribution is -1.95. The SMILES string of the molecule is CC(=O)OC=CC1C=CC=CC1. The van der Waals surface area contributed by atoms with Gasteiger partial charge >= 0.3 is 5.97 Å². The van der Waals surface area contributed by atoms with E-state index in [9.17, 15) is 4.79 Å². The monoisotopic (exact) mass is 164 g/mol. The van der Waals surface area contributed by atoms with Crippen molar-refractivity contribution in [1.29, 1.82) is 0 Å². The summed E-state index contributed by atoms with van der Waals surface area (Å²) in [6, 6.07) is 0. The summed E-state index contributed by atoms with van der Waals surface area (Å²) in [6.07, 6.45) is 12.5. The predicted octanol–water partition coefficient (Wildman–Crippen LogP) is 2.20. The smallest absolute Gasteiger partial charge is 0.307 e. The third-order valence-electron chi connectivity index (χ3n) is 1.57. The van der Waals surface area contributed by atoms with E-state index in [0.717, 1.165) is 6.42 Å². The Morgan fingerprint density at radius 1 is 1.58 bits per heavy atom. The number of esters is 1. The zero-order valence-electron chi connectivity index (χ0n) is 7.07. The van der Waals surface area contributed by atoms with Crippen molar-refractivity contribution in [3.8, 4) is 0 Å². The van der Waals surface area contributed by atoms with Crippen LogP contribution in [0.2, 0.25) is 0 Å². The maximum atomic E-state index is 10.4. The molecular formula is C10H12O2. The molecule has 64 valence electrons. The van der Waals surface area contributed by atoms with Gasteiger partial charge in [0.05, 0.1) is 6.26 Å². The molecule has 1 rings (SSSR count). The first kappa shape index (κ1) is 8.78. The van der Waals surface area contributed by atoms with E-state index in [-0.39, 0.29) is 5.97 Å². The van der Waals surface area contributed by atoms with Crippen molar-refractivity contribution in [3.63, 3.8) is 0 Å². The van der Waals surface area contributed by atoms with Crippen LogP contribution in [0.25, 0.3) is 0 Å². The van der Waals surface area contributed by atoms with Crippen LogP contribution in [0.4, 0.5) is 0 Å². The van der Waals surface area contributed by atoms with E-state index < -0.39 is 0 Å². The highest BCUT2D eigenvalue weighted by molar-refractivity contribution is 5.66. The van der Waals surface area contributed by atoms with Crippen LogP contribution in [-0.2, 0) is 9.53 Å². The van der Waals surface area contributed by atoms with E-state index in [1.54, 1.807) is 0 Å². The summed E-state index contributed by atoms with van der Waals surface area (Å²) in [4.78, 5) is 10.4. The number of carbonyl (C=O) groups is 1. The number of ether oxygens (including phenoxy) is 1. The molecule has 0 aromatic heterocycles. The van der Waals surface area contributed by atoms with Crippen molar-refractivity contribution < 1.29 is 9.53 Å². The summed E-state index contributed by atoms with van der Waals surface area (Å²) in [5.41, 5.74) is 0. The van der Waals surface area contributed by atoms with Gasteiger partial charge in [0.25, 0.3) is 0 Å². The van der Waals surface area contributed by atoms with Crippen molar-refractivity contribution in [2.75, 3.05) is 0 Å². The number of rotatable bonds is 2. The molecule has 1 aliphatic carbocycles. The molecule has 0 aromatic carbocycles. The number of allylic oxidation sites excluding steroid dienone is 5. The molecule has 1 atom stereocenters. The highest BCUT2D eigenvalue weighted by Gasteiger charge is 1.99. The molecule has 1 unspecified atom stereocenters. The Hall–Kier alpha value is -1.31. The van der Waals surface area contributed by atoms with Gasteiger partial charge in [-0.05, 0) is 12.5 Å². The van der Waals surface area contributed by atoms with Crippen molar-refractivity contribution in [1.82, 2.24) is 0 Å². The minimum absolute atomic E-state index is 0.276. The largest absolute Gasteiger partial charge is 0.435 e. The Labute approximate surface area is 72.2 Å². The molecule has 0 bridgehead atoms. The van der Waals surface area contributed by atoms with Crippen molar-refractivity contribution >= 4 is 5.97 Å². The Morgan fingerprint density at radius 3 is 3.00 bits per heavy atom. The maximum Gasteiger partial charge on any atom is 0.307 e.